The number of alkyl halides is 8. The van der Waals surface area contributed by atoms with Gasteiger partial charge in [0.2, 0.25) is 0 Å². The Morgan fingerprint density at radius 1 is 0.585 bits per heavy atom. The van der Waals surface area contributed by atoms with E-state index in [1.54, 1.807) is 0 Å². The van der Waals surface area contributed by atoms with Crippen LogP contribution in [0.2, 0.25) is 0 Å². The third kappa shape index (κ3) is 19.8. The Labute approximate surface area is 232 Å². The lowest BCUT2D eigenvalue weighted by atomic mass is 10.3. The van der Waals surface area contributed by atoms with Gasteiger partial charge in [0.15, 0.2) is 0 Å². The summed E-state index contributed by atoms with van der Waals surface area (Å²) in [6, 6.07) is 0. The van der Waals surface area contributed by atoms with Crippen LogP contribution in [0.1, 0.15) is 32.1 Å². The average Bonchev–Trinajstić information content (AvgIpc) is 3.34. The standard InChI is InChI=1S/C23H39F8NO9/c24-20(25,3-9-36-13-18(34)15-38-11-7-32-5-1-2-6-32)40-22(28,29)17-23(30,31)41-21(26,27)4-10-37-14-19(35)16-39-12-8-33/h18-19,33-35H,1-17H2. The highest BCUT2D eigenvalue weighted by molar-refractivity contribution is 4.69. The second-order valence-corrected chi connectivity index (χ2v) is 9.31. The fraction of sp³-hybridized carbons (Fsp3) is 1.00. The zero-order valence-electron chi connectivity index (χ0n) is 22.4. The van der Waals surface area contributed by atoms with E-state index in [2.05, 4.69) is 19.1 Å². The molecule has 1 saturated heterocycles. The van der Waals surface area contributed by atoms with Gasteiger partial charge in [-0.25, -0.2) is 0 Å². The zero-order valence-corrected chi connectivity index (χ0v) is 22.4. The van der Waals surface area contributed by atoms with Crippen molar-refractivity contribution in [1.29, 1.82) is 0 Å². The molecule has 2 unspecified atom stereocenters. The van der Waals surface area contributed by atoms with E-state index in [0.29, 0.717) is 13.2 Å². The molecule has 2 atom stereocenters. The number of nitrogens with zero attached hydrogens (tertiary/aromatic N) is 1. The molecule has 0 aromatic carbocycles. The summed E-state index contributed by atoms with van der Waals surface area (Å²) in [4.78, 5) is 2.17. The van der Waals surface area contributed by atoms with Gasteiger partial charge in [0.25, 0.3) is 0 Å². The van der Waals surface area contributed by atoms with Crippen molar-refractivity contribution >= 4 is 0 Å². The molecule has 1 aliphatic rings. The van der Waals surface area contributed by atoms with Gasteiger partial charge >= 0.3 is 24.4 Å². The average molecular weight is 626 g/mol. The van der Waals surface area contributed by atoms with E-state index in [-0.39, 0.29) is 26.4 Å². The molecule has 1 rings (SSSR count). The van der Waals surface area contributed by atoms with Crippen molar-refractivity contribution in [2.45, 2.75) is 68.7 Å². The molecule has 246 valence electrons. The van der Waals surface area contributed by atoms with Crippen LogP contribution in [-0.2, 0) is 28.4 Å². The number of hydrogen-bond acceptors (Lipinski definition) is 10. The fourth-order valence-corrected chi connectivity index (χ4v) is 3.47. The first-order valence-electron chi connectivity index (χ1n) is 13.0. The Bertz CT molecular complexity index is 692. The van der Waals surface area contributed by atoms with E-state index in [1.807, 2.05) is 0 Å². The van der Waals surface area contributed by atoms with Crippen LogP contribution in [0.25, 0.3) is 0 Å². The van der Waals surface area contributed by atoms with Crippen LogP contribution < -0.4 is 0 Å². The van der Waals surface area contributed by atoms with E-state index in [4.69, 9.17) is 19.3 Å². The van der Waals surface area contributed by atoms with E-state index in [9.17, 15) is 45.3 Å². The van der Waals surface area contributed by atoms with Gasteiger partial charge in [-0.3, -0.25) is 9.47 Å². The Morgan fingerprint density at radius 2 is 0.976 bits per heavy atom. The van der Waals surface area contributed by atoms with Crippen LogP contribution >= 0.6 is 0 Å². The minimum absolute atomic E-state index is 0.106. The Morgan fingerprint density at radius 3 is 1.39 bits per heavy atom. The summed E-state index contributed by atoms with van der Waals surface area (Å²) in [5, 5.41) is 27.6. The number of ether oxygens (including phenoxy) is 6. The summed E-state index contributed by atoms with van der Waals surface area (Å²) in [5.74, 6) is 0. The highest BCUT2D eigenvalue weighted by atomic mass is 19.3. The van der Waals surface area contributed by atoms with Crippen LogP contribution in [0.4, 0.5) is 35.1 Å². The van der Waals surface area contributed by atoms with Crippen LogP contribution in [-0.4, -0.2) is 136 Å². The molecule has 0 radical (unpaired) electrons. The second kappa shape index (κ2) is 18.6. The molecule has 10 nitrogen and oxygen atoms in total. The van der Waals surface area contributed by atoms with Crippen molar-refractivity contribution < 1.29 is 78.9 Å². The van der Waals surface area contributed by atoms with Gasteiger partial charge < -0.3 is 39.2 Å². The second-order valence-electron chi connectivity index (χ2n) is 9.31. The summed E-state index contributed by atoms with van der Waals surface area (Å²) < 4.78 is 135. The maximum atomic E-state index is 13.8. The van der Waals surface area contributed by atoms with Crippen molar-refractivity contribution in [2.24, 2.45) is 0 Å². The molecule has 0 amide bonds. The highest BCUT2D eigenvalue weighted by Crippen LogP contribution is 2.40. The molecule has 0 bridgehead atoms. The monoisotopic (exact) mass is 625 g/mol. The van der Waals surface area contributed by atoms with Crippen LogP contribution in [0, 0.1) is 0 Å². The number of hydrogen-bond donors (Lipinski definition) is 3. The minimum atomic E-state index is -5.28. The third-order valence-corrected chi connectivity index (χ3v) is 5.31. The van der Waals surface area contributed by atoms with Gasteiger partial charge in [-0.15, -0.1) is 0 Å². The maximum Gasteiger partial charge on any atom is 0.368 e. The minimum Gasteiger partial charge on any atom is -0.394 e. The molecular formula is C23H39F8NO9. The number of halogens is 8. The molecule has 3 N–H and O–H groups in total. The molecule has 0 aromatic heterocycles. The lowest BCUT2D eigenvalue weighted by Gasteiger charge is -2.28. The van der Waals surface area contributed by atoms with E-state index >= 15 is 0 Å². The quantitative estimate of drug-likeness (QED) is 0.103. The molecule has 0 spiro atoms. The van der Waals surface area contributed by atoms with E-state index in [1.165, 1.54) is 0 Å². The zero-order chi connectivity index (χ0) is 31.0. The summed E-state index contributed by atoms with van der Waals surface area (Å²) in [5.41, 5.74) is 0. The van der Waals surface area contributed by atoms with Gasteiger partial charge in [0, 0.05) is 6.54 Å². The van der Waals surface area contributed by atoms with E-state index in [0.717, 1.165) is 25.9 Å². The van der Waals surface area contributed by atoms with Gasteiger partial charge in [0.05, 0.1) is 72.3 Å². The van der Waals surface area contributed by atoms with Gasteiger partial charge in [0.1, 0.15) is 18.6 Å². The summed E-state index contributed by atoms with van der Waals surface area (Å²) in [6.07, 6.45) is -26.2. The highest BCUT2D eigenvalue weighted by Gasteiger charge is 2.54. The first-order valence-corrected chi connectivity index (χ1v) is 13.0. The molecule has 0 aromatic rings. The Hall–Kier alpha value is -0.960. The van der Waals surface area contributed by atoms with Crippen molar-refractivity contribution in [3.8, 4) is 0 Å². The number of aliphatic hydroxyl groups excluding tert-OH is 3. The molecule has 41 heavy (non-hydrogen) atoms. The van der Waals surface area contributed by atoms with Crippen molar-refractivity contribution in [3.63, 3.8) is 0 Å². The first kappa shape index (κ1) is 38.1. The topological polar surface area (TPSA) is 119 Å². The van der Waals surface area contributed by atoms with Crippen molar-refractivity contribution in [2.75, 3.05) is 79.1 Å². The Kier molecular flexibility index (Phi) is 17.3. The molecule has 0 saturated carbocycles. The fourth-order valence-electron chi connectivity index (χ4n) is 3.47. The SMILES string of the molecule is OCCOCC(O)COCCC(F)(F)OC(F)(F)CC(F)(F)OC(F)(F)CCOCC(O)COCCN1CCCC1. The van der Waals surface area contributed by atoms with E-state index < -0.39 is 82.3 Å². The number of likely N-dealkylation sites (tertiary alicyclic amines) is 1. The number of rotatable bonds is 25. The molecule has 1 heterocycles. The van der Waals surface area contributed by atoms with Crippen LogP contribution in [0.3, 0.4) is 0 Å². The van der Waals surface area contributed by atoms with Crippen LogP contribution in [0.5, 0.6) is 0 Å². The van der Waals surface area contributed by atoms with Crippen molar-refractivity contribution in [3.05, 3.63) is 0 Å². The van der Waals surface area contributed by atoms with Crippen LogP contribution in [0.15, 0.2) is 0 Å². The molecule has 1 fully saturated rings. The summed E-state index contributed by atoms with van der Waals surface area (Å²) in [6.45, 7) is -0.873. The predicted molar refractivity (Wildman–Crippen MR) is 124 cm³/mol. The summed E-state index contributed by atoms with van der Waals surface area (Å²) in [7, 11) is 0. The lowest BCUT2D eigenvalue weighted by molar-refractivity contribution is -0.432. The molecule has 0 aliphatic carbocycles. The first-order chi connectivity index (χ1) is 19.0. The van der Waals surface area contributed by atoms with Gasteiger partial charge in [-0.05, 0) is 25.9 Å². The predicted octanol–water partition coefficient (Wildman–Crippen LogP) is 2.44. The molecule has 1 aliphatic heterocycles. The third-order valence-electron chi connectivity index (χ3n) is 5.31. The smallest absolute Gasteiger partial charge is 0.368 e. The summed E-state index contributed by atoms with van der Waals surface area (Å²) >= 11 is 0. The number of aliphatic hydroxyl groups is 3. The Balaban J connectivity index is 2.30. The molecule has 18 heteroatoms. The normalized spacial score (nSPS) is 17.3. The van der Waals surface area contributed by atoms with Crippen molar-refractivity contribution in [1.82, 2.24) is 4.90 Å². The van der Waals surface area contributed by atoms with Gasteiger partial charge in [-0.1, -0.05) is 0 Å². The lowest BCUT2D eigenvalue weighted by Crippen LogP contribution is -2.42. The van der Waals surface area contributed by atoms with Gasteiger partial charge in [-0.2, -0.15) is 35.1 Å². The largest absolute Gasteiger partial charge is 0.394 e. The molecular weight excluding hydrogens is 586 g/mol. The maximum absolute atomic E-state index is 13.8.